The molecule has 0 aliphatic carbocycles. The summed E-state index contributed by atoms with van der Waals surface area (Å²) in [5, 5.41) is 0. The van der Waals surface area contributed by atoms with Crippen LogP contribution in [0.15, 0.2) is 0 Å². The van der Waals surface area contributed by atoms with Gasteiger partial charge in [-0.05, 0) is 0 Å². The van der Waals surface area contributed by atoms with Crippen molar-refractivity contribution in [2.24, 2.45) is 0 Å². The predicted octanol–water partition coefficient (Wildman–Crippen LogP) is 4.76. The zero-order valence-electron chi connectivity index (χ0n) is 12.1. The van der Waals surface area contributed by atoms with Crippen LogP contribution in [0.25, 0.3) is 0 Å². The molecule has 0 radical (unpaired) electrons. The van der Waals surface area contributed by atoms with Gasteiger partial charge in [0.1, 0.15) is 0 Å². The van der Waals surface area contributed by atoms with Crippen LogP contribution in [0.4, 0.5) is 0 Å². The van der Waals surface area contributed by atoms with E-state index >= 15 is 0 Å². The second-order valence-corrected chi connectivity index (χ2v) is 22.7. The van der Waals surface area contributed by atoms with Crippen LogP contribution in [0.5, 0.6) is 0 Å². The van der Waals surface area contributed by atoms with Crippen LogP contribution in [0.3, 0.4) is 0 Å². The summed E-state index contributed by atoms with van der Waals surface area (Å²) in [5.74, 6) is 0. The maximum atomic E-state index is 12.4. The van der Waals surface area contributed by atoms with Crippen LogP contribution < -0.4 is 0 Å². The second kappa shape index (κ2) is 8.95. The van der Waals surface area contributed by atoms with Crippen molar-refractivity contribution in [2.75, 3.05) is 19.4 Å². The molecule has 0 rings (SSSR count). The Morgan fingerprint density at radius 3 is 1.59 bits per heavy atom. The molecule has 0 bridgehead atoms. The normalized spacial score (nSPS) is 13.0. The molecule has 0 spiro atoms. The molecular formula is C12H29O3PSn. The fourth-order valence-electron chi connectivity index (χ4n) is 2.21. The summed E-state index contributed by atoms with van der Waals surface area (Å²) in [6, 6.07) is 0. The van der Waals surface area contributed by atoms with Crippen LogP contribution >= 0.6 is 7.60 Å². The Bertz CT molecular complexity index is 224. The number of hydrogen-bond donors (Lipinski definition) is 0. The minimum absolute atomic E-state index is 0.476. The van der Waals surface area contributed by atoms with Crippen LogP contribution in [-0.2, 0) is 13.6 Å². The fourth-order valence-corrected chi connectivity index (χ4v) is 17.8. The van der Waals surface area contributed by atoms with Crippen molar-refractivity contribution in [3.05, 3.63) is 0 Å². The summed E-state index contributed by atoms with van der Waals surface area (Å²) in [7, 11) is -2.80. The van der Waals surface area contributed by atoms with E-state index in [1.54, 1.807) is 0 Å². The molecule has 0 aromatic heterocycles. The summed E-state index contributed by atoms with van der Waals surface area (Å²) in [6.07, 6.45) is 0.639. The topological polar surface area (TPSA) is 35.5 Å². The van der Waals surface area contributed by atoms with Crippen molar-refractivity contribution in [1.82, 2.24) is 0 Å². The molecule has 0 saturated heterocycles. The van der Waals surface area contributed by atoms with E-state index in [1.807, 2.05) is 13.8 Å². The Morgan fingerprint density at radius 2 is 1.29 bits per heavy atom. The van der Waals surface area contributed by atoms with Crippen molar-refractivity contribution in [3.8, 4) is 0 Å². The first kappa shape index (κ1) is 17.9. The molecule has 0 heterocycles. The van der Waals surface area contributed by atoms with Crippen molar-refractivity contribution in [1.29, 1.82) is 0 Å². The van der Waals surface area contributed by atoms with Gasteiger partial charge in [0.2, 0.25) is 0 Å². The number of rotatable bonds is 10. The van der Waals surface area contributed by atoms with Crippen LogP contribution in [0.2, 0.25) is 17.7 Å². The van der Waals surface area contributed by atoms with E-state index in [0.29, 0.717) is 19.4 Å². The molecule has 5 heteroatoms. The molecule has 0 fully saturated rings. The molecule has 0 saturated carbocycles. The monoisotopic (exact) mass is 372 g/mol. The summed E-state index contributed by atoms with van der Waals surface area (Å²) in [5.41, 5.74) is 0. The van der Waals surface area contributed by atoms with Gasteiger partial charge in [-0.3, -0.25) is 0 Å². The van der Waals surface area contributed by atoms with E-state index in [9.17, 15) is 4.57 Å². The first-order valence-corrected chi connectivity index (χ1v) is 16.7. The molecule has 0 amide bonds. The molecule has 0 N–H and O–H groups in total. The van der Waals surface area contributed by atoms with Gasteiger partial charge < -0.3 is 0 Å². The average Bonchev–Trinajstić information content (AvgIpc) is 2.32. The van der Waals surface area contributed by atoms with Crippen LogP contribution in [0, 0.1) is 0 Å². The van der Waals surface area contributed by atoms with E-state index in [2.05, 4.69) is 20.8 Å². The van der Waals surface area contributed by atoms with Gasteiger partial charge in [-0.1, -0.05) is 0 Å². The molecule has 0 aliphatic heterocycles. The van der Waals surface area contributed by atoms with Gasteiger partial charge in [-0.2, -0.15) is 0 Å². The third-order valence-electron chi connectivity index (χ3n) is 3.82. The third kappa shape index (κ3) is 6.08. The zero-order valence-corrected chi connectivity index (χ0v) is 15.9. The summed E-state index contributed by atoms with van der Waals surface area (Å²) in [4.78, 5) is 0. The van der Waals surface area contributed by atoms with Crippen molar-refractivity contribution < 1.29 is 13.6 Å². The van der Waals surface area contributed by atoms with E-state index < -0.39 is 26.0 Å². The third-order valence-corrected chi connectivity index (χ3v) is 23.7. The van der Waals surface area contributed by atoms with Gasteiger partial charge in [0.15, 0.2) is 0 Å². The molecule has 17 heavy (non-hydrogen) atoms. The zero-order chi connectivity index (χ0) is 13.4. The number of hydrogen-bond acceptors (Lipinski definition) is 3. The first-order chi connectivity index (χ1) is 8.01. The molecule has 0 unspecified atom stereocenters. The Balaban J connectivity index is 4.52. The Kier molecular flexibility index (Phi) is 9.45. The van der Waals surface area contributed by atoms with Crippen molar-refractivity contribution in [3.63, 3.8) is 0 Å². The molecule has 0 aromatic carbocycles. The van der Waals surface area contributed by atoms with E-state index in [0.717, 1.165) is 4.44 Å². The summed E-state index contributed by atoms with van der Waals surface area (Å²) >= 11 is -1.99. The summed E-state index contributed by atoms with van der Waals surface area (Å²) in [6.45, 7) is 11.6. The Labute approximate surface area is 111 Å². The van der Waals surface area contributed by atoms with Gasteiger partial charge >= 0.3 is 111 Å². The quantitative estimate of drug-likeness (QED) is 0.410. The Morgan fingerprint density at radius 1 is 0.882 bits per heavy atom. The fraction of sp³-hybridized carbons (Fsp3) is 1.00. The maximum absolute atomic E-state index is 12.4. The molecule has 0 atom stereocenters. The molecule has 0 aliphatic rings. The predicted molar refractivity (Wildman–Crippen MR) is 77.7 cm³/mol. The molecular weight excluding hydrogens is 342 g/mol. The van der Waals surface area contributed by atoms with Gasteiger partial charge in [0.25, 0.3) is 0 Å². The minimum atomic E-state index is -2.80. The summed E-state index contributed by atoms with van der Waals surface area (Å²) < 4.78 is 28.3. The van der Waals surface area contributed by atoms with Gasteiger partial charge in [0.05, 0.1) is 0 Å². The van der Waals surface area contributed by atoms with Crippen LogP contribution in [0.1, 0.15) is 34.6 Å². The van der Waals surface area contributed by atoms with Crippen molar-refractivity contribution >= 4 is 26.0 Å². The average molecular weight is 371 g/mol. The van der Waals surface area contributed by atoms with Gasteiger partial charge in [-0.15, -0.1) is 0 Å². The molecule has 104 valence electrons. The standard InChI is InChI=1S/C6H14O3P.3C2H5.Sn/c1-4-8-10(7,6-3)9-5-2;3*1-2;/h3-6H2,1-2H3;3*1H2,2H3;. The first-order valence-electron chi connectivity index (χ1n) is 6.89. The second-order valence-electron chi connectivity index (χ2n) is 4.48. The van der Waals surface area contributed by atoms with Gasteiger partial charge in [-0.25, -0.2) is 0 Å². The van der Waals surface area contributed by atoms with E-state index in [-0.39, 0.29) is 0 Å². The SMILES string of the molecule is CCOP(=O)(C[CH2][Sn]([CH2]C)([CH2]C)[CH2]C)OCC. The van der Waals surface area contributed by atoms with Gasteiger partial charge in [0, 0.05) is 0 Å². The Hall–Kier alpha value is 0.949. The van der Waals surface area contributed by atoms with Crippen LogP contribution in [-0.4, -0.2) is 37.8 Å². The van der Waals surface area contributed by atoms with Crippen molar-refractivity contribution in [2.45, 2.75) is 52.4 Å². The van der Waals surface area contributed by atoms with E-state index in [1.165, 1.54) is 13.3 Å². The molecule has 3 nitrogen and oxygen atoms in total. The molecule has 0 aromatic rings. The van der Waals surface area contributed by atoms with E-state index in [4.69, 9.17) is 9.05 Å².